The molecule has 0 aliphatic heterocycles. The van der Waals surface area contributed by atoms with Crippen LogP contribution >= 0.6 is 0 Å². The van der Waals surface area contributed by atoms with Gasteiger partial charge >= 0.3 is 0 Å². The predicted molar refractivity (Wildman–Crippen MR) is 67.1 cm³/mol. The summed E-state index contributed by atoms with van der Waals surface area (Å²) >= 11 is 0. The summed E-state index contributed by atoms with van der Waals surface area (Å²) in [6, 6.07) is 13.0. The van der Waals surface area contributed by atoms with Crippen molar-refractivity contribution in [3.63, 3.8) is 0 Å². The number of hydrogen-bond acceptors (Lipinski definition) is 3. The van der Waals surface area contributed by atoms with E-state index in [0.29, 0.717) is 5.69 Å². The highest BCUT2D eigenvalue weighted by Crippen LogP contribution is 2.25. The van der Waals surface area contributed by atoms with Gasteiger partial charge in [-0.3, -0.25) is 4.57 Å². The molecule has 3 aromatic rings. The summed E-state index contributed by atoms with van der Waals surface area (Å²) in [6.45, 7) is 0. The molecule has 0 bridgehead atoms. The van der Waals surface area contributed by atoms with Gasteiger partial charge in [0.15, 0.2) is 0 Å². The van der Waals surface area contributed by atoms with Crippen LogP contribution < -0.4 is 5.73 Å². The number of aromatic nitrogens is 2. The fourth-order valence-corrected chi connectivity index (χ4v) is 1.86. The molecule has 0 aliphatic rings. The minimum Gasteiger partial charge on any atom is -0.506 e. The molecular formula is C13H11N3O. The van der Waals surface area contributed by atoms with Crippen LogP contribution in [0.5, 0.6) is 5.75 Å². The summed E-state index contributed by atoms with van der Waals surface area (Å²) in [6.07, 6.45) is 1.75. The number of anilines is 1. The van der Waals surface area contributed by atoms with Crippen LogP contribution in [0.15, 0.2) is 48.8 Å². The largest absolute Gasteiger partial charge is 0.506 e. The Bertz CT molecular complexity index is 688. The van der Waals surface area contributed by atoms with Crippen molar-refractivity contribution in [1.82, 2.24) is 9.55 Å². The molecule has 0 atom stereocenters. The number of imidazole rings is 1. The van der Waals surface area contributed by atoms with E-state index in [9.17, 15) is 5.11 Å². The van der Waals surface area contributed by atoms with Crippen molar-refractivity contribution in [2.24, 2.45) is 0 Å². The van der Waals surface area contributed by atoms with Gasteiger partial charge in [0, 0.05) is 5.69 Å². The number of phenolic OH excluding ortho intramolecular Hbond substituents is 1. The molecule has 4 heteroatoms. The number of benzene rings is 2. The van der Waals surface area contributed by atoms with Crippen molar-refractivity contribution in [3.8, 4) is 11.4 Å². The third-order valence-electron chi connectivity index (χ3n) is 2.74. The molecule has 0 saturated heterocycles. The van der Waals surface area contributed by atoms with Gasteiger partial charge in [0.05, 0.1) is 16.7 Å². The Balaban J connectivity index is 2.24. The highest BCUT2D eigenvalue weighted by Gasteiger charge is 2.05. The normalized spacial score (nSPS) is 10.8. The maximum absolute atomic E-state index is 9.40. The maximum atomic E-state index is 9.40. The lowest BCUT2D eigenvalue weighted by molar-refractivity contribution is 0.478. The van der Waals surface area contributed by atoms with E-state index >= 15 is 0 Å². The van der Waals surface area contributed by atoms with Gasteiger partial charge in [0.1, 0.15) is 12.1 Å². The first-order valence-corrected chi connectivity index (χ1v) is 5.26. The van der Waals surface area contributed by atoms with E-state index in [4.69, 9.17) is 5.73 Å². The summed E-state index contributed by atoms with van der Waals surface area (Å²) in [5, 5.41) is 9.40. The van der Waals surface area contributed by atoms with Crippen LogP contribution in [-0.2, 0) is 0 Å². The number of para-hydroxylation sites is 2. The molecule has 0 saturated carbocycles. The zero-order valence-corrected chi connectivity index (χ0v) is 9.04. The maximum Gasteiger partial charge on any atom is 0.138 e. The van der Waals surface area contributed by atoms with Gasteiger partial charge in [0.2, 0.25) is 0 Å². The molecule has 0 spiro atoms. The van der Waals surface area contributed by atoms with E-state index in [1.165, 1.54) is 0 Å². The third kappa shape index (κ3) is 1.50. The van der Waals surface area contributed by atoms with Gasteiger partial charge in [0.25, 0.3) is 0 Å². The van der Waals surface area contributed by atoms with Gasteiger partial charge in [-0.05, 0) is 30.3 Å². The molecule has 0 aliphatic carbocycles. The van der Waals surface area contributed by atoms with Crippen LogP contribution in [0.2, 0.25) is 0 Å². The van der Waals surface area contributed by atoms with E-state index in [2.05, 4.69) is 4.98 Å². The van der Waals surface area contributed by atoms with Crippen LogP contribution in [0, 0.1) is 0 Å². The van der Waals surface area contributed by atoms with Crippen molar-refractivity contribution in [2.75, 3.05) is 5.73 Å². The van der Waals surface area contributed by atoms with Crippen LogP contribution in [0.4, 0.5) is 5.69 Å². The highest BCUT2D eigenvalue weighted by atomic mass is 16.3. The molecule has 1 heterocycles. The number of nitrogen functional groups attached to an aromatic ring is 1. The van der Waals surface area contributed by atoms with E-state index < -0.39 is 0 Å². The molecule has 2 aromatic carbocycles. The molecule has 3 N–H and O–H groups in total. The first kappa shape index (κ1) is 9.72. The number of hydrogen-bond donors (Lipinski definition) is 2. The van der Waals surface area contributed by atoms with Crippen molar-refractivity contribution in [3.05, 3.63) is 48.8 Å². The zero-order valence-electron chi connectivity index (χ0n) is 9.04. The fraction of sp³-hybridized carbons (Fsp3) is 0. The first-order valence-electron chi connectivity index (χ1n) is 5.26. The lowest BCUT2D eigenvalue weighted by atomic mass is 10.2. The highest BCUT2D eigenvalue weighted by molar-refractivity contribution is 5.77. The Kier molecular flexibility index (Phi) is 2.01. The lowest BCUT2D eigenvalue weighted by Crippen LogP contribution is -1.94. The van der Waals surface area contributed by atoms with E-state index in [-0.39, 0.29) is 5.75 Å². The minimum atomic E-state index is 0.0955. The van der Waals surface area contributed by atoms with E-state index in [1.54, 1.807) is 24.5 Å². The molecule has 17 heavy (non-hydrogen) atoms. The van der Waals surface area contributed by atoms with Gasteiger partial charge in [-0.2, -0.15) is 0 Å². The monoisotopic (exact) mass is 225 g/mol. The quantitative estimate of drug-likeness (QED) is 0.493. The number of aromatic hydroxyl groups is 1. The summed E-state index contributed by atoms with van der Waals surface area (Å²) in [5.41, 5.74) is 8.87. The van der Waals surface area contributed by atoms with Crippen LogP contribution in [0.25, 0.3) is 16.7 Å². The molecule has 0 unspecified atom stereocenters. The summed E-state index contributed by atoms with van der Waals surface area (Å²) in [5.74, 6) is 0.0955. The number of rotatable bonds is 1. The van der Waals surface area contributed by atoms with Crippen molar-refractivity contribution in [1.29, 1.82) is 0 Å². The summed E-state index contributed by atoms with van der Waals surface area (Å²) < 4.78 is 1.94. The number of nitrogens with two attached hydrogens (primary N) is 1. The Hall–Kier alpha value is -2.49. The zero-order chi connectivity index (χ0) is 11.8. The Labute approximate surface area is 97.9 Å². The first-order chi connectivity index (χ1) is 8.25. The average molecular weight is 225 g/mol. The van der Waals surface area contributed by atoms with Crippen molar-refractivity contribution in [2.45, 2.75) is 0 Å². The Morgan fingerprint density at radius 1 is 1.12 bits per heavy atom. The Morgan fingerprint density at radius 3 is 2.76 bits per heavy atom. The van der Waals surface area contributed by atoms with E-state index in [0.717, 1.165) is 16.7 Å². The number of nitrogens with zero attached hydrogens (tertiary/aromatic N) is 2. The van der Waals surface area contributed by atoms with Crippen LogP contribution in [0.1, 0.15) is 0 Å². The van der Waals surface area contributed by atoms with Crippen LogP contribution in [0.3, 0.4) is 0 Å². The molecule has 0 radical (unpaired) electrons. The van der Waals surface area contributed by atoms with Gasteiger partial charge in [-0.25, -0.2) is 4.98 Å². The fourth-order valence-electron chi connectivity index (χ4n) is 1.86. The molecule has 0 fully saturated rings. The Morgan fingerprint density at radius 2 is 1.94 bits per heavy atom. The smallest absolute Gasteiger partial charge is 0.138 e. The second-order valence-corrected chi connectivity index (χ2v) is 3.85. The number of fused-ring (bicyclic) bond motifs is 1. The SMILES string of the molecule is Nc1cc(-n2cnc3ccccc32)ccc1O. The van der Waals surface area contributed by atoms with Gasteiger partial charge < -0.3 is 10.8 Å². The minimum absolute atomic E-state index is 0.0955. The van der Waals surface area contributed by atoms with Gasteiger partial charge in [-0.1, -0.05) is 12.1 Å². The van der Waals surface area contributed by atoms with E-state index in [1.807, 2.05) is 28.8 Å². The molecular weight excluding hydrogens is 214 g/mol. The molecule has 3 rings (SSSR count). The van der Waals surface area contributed by atoms with Crippen molar-refractivity contribution < 1.29 is 5.11 Å². The topological polar surface area (TPSA) is 64.1 Å². The second-order valence-electron chi connectivity index (χ2n) is 3.85. The standard InChI is InChI=1S/C13H11N3O/c14-10-7-9(5-6-13(10)17)16-8-15-11-3-1-2-4-12(11)16/h1-8,17H,14H2. The van der Waals surface area contributed by atoms with Crippen LogP contribution in [-0.4, -0.2) is 14.7 Å². The third-order valence-corrected chi connectivity index (χ3v) is 2.74. The molecule has 4 nitrogen and oxygen atoms in total. The van der Waals surface area contributed by atoms with Crippen molar-refractivity contribution >= 4 is 16.7 Å². The lowest BCUT2D eigenvalue weighted by Gasteiger charge is -2.06. The number of phenols is 1. The summed E-state index contributed by atoms with van der Waals surface area (Å²) in [4.78, 5) is 4.31. The molecule has 84 valence electrons. The summed E-state index contributed by atoms with van der Waals surface area (Å²) in [7, 11) is 0. The average Bonchev–Trinajstić information content (AvgIpc) is 2.76. The molecule has 0 amide bonds. The second kappa shape index (κ2) is 3.52. The van der Waals surface area contributed by atoms with Gasteiger partial charge in [-0.15, -0.1) is 0 Å². The molecule has 1 aromatic heterocycles. The predicted octanol–water partition coefficient (Wildman–Crippen LogP) is 2.31.